The molecule has 1 aromatic heterocycles. The second kappa shape index (κ2) is 10.2. The highest BCUT2D eigenvalue weighted by Gasteiger charge is 2.12. The average Bonchev–Trinajstić information content (AvgIpc) is 2.70. The lowest BCUT2D eigenvalue weighted by molar-refractivity contribution is 0.402. The number of allylic oxidation sites excluding steroid dienone is 5. The van der Waals surface area contributed by atoms with Crippen molar-refractivity contribution < 1.29 is 13.5 Å². The SMILES string of the molecule is C=C/C(=C\C=C(\F)CF)Cn1cc(OC)c(=O)nc1Nc1cc(Cl)c(Cl)cc1C. The first-order valence-electron chi connectivity index (χ1n) is 8.40. The minimum absolute atomic E-state index is 0.0234. The van der Waals surface area contributed by atoms with E-state index in [0.29, 0.717) is 21.3 Å². The lowest BCUT2D eigenvalue weighted by atomic mass is 10.2. The number of aryl methyl sites for hydroxylation is 1. The van der Waals surface area contributed by atoms with Crippen LogP contribution in [0.2, 0.25) is 10.0 Å². The number of hydrogen-bond donors (Lipinski definition) is 1. The molecule has 2 aromatic rings. The summed E-state index contributed by atoms with van der Waals surface area (Å²) in [6.07, 6.45) is 5.35. The third-order valence-electron chi connectivity index (χ3n) is 3.92. The van der Waals surface area contributed by atoms with Gasteiger partial charge in [-0.05, 0) is 36.3 Å². The van der Waals surface area contributed by atoms with E-state index in [1.807, 2.05) is 6.92 Å². The lowest BCUT2D eigenvalue weighted by Gasteiger charge is -2.17. The molecule has 1 N–H and O–H groups in total. The van der Waals surface area contributed by atoms with Gasteiger partial charge >= 0.3 is 5.56 Å². The first-order valence-corrected chi connectivity index (χ1v) is 9.16. The molecule has 0 unspecified atom stereocenters. The molecule has 9 heteroatoms. The number of aromatic nitrogens is 2. The lowest BCUT2D eigenvalue weighted by Crippen LogP contribution is -2.19. The molecule has 0 saturated carbocycles. The van der Waals surface area contributed by atoms with Gasteiger partial charge in [-0.1, -0.05) is 41.9 Å². The standard InChI is InChI=1S/C20H19Cl2F2N3O2/c1-4-13(5-6-14(24)9-23)10-27-11-18(29-3)19(28)26-20(27)25-17-8-16(22)15(21)7-12(17)2/h4-8,11H,1,9-10H2,2-3H3,(H,25,26,28)/b13-5+,14-6+. The van der Waals surface area contributed by atoms with Crippen molar-refractivity contribution in [3.63, 3.8) is 0 Å². The number of halogens is 4. The zero-order chi connectivity index (χ0) is 21.6. The molecule has 0 fully saturated rings. The van der Waals surface area contributed by atoms with Gasteiger partial charge in [-0.3, -0.25) is 4.79 Å². The number of anilines is 2. The van der Waals surface area contributed by atoms with Crippen molar-refractivity contribution in [2.24, 2.45) is 0 Å². The fourth-order valence-electron chi connectivity index (χ4n) is 2.36. The molecule has 0 radical (unpaired) electrons. The molecule has 0 aliphatic heterocycles. The maximum absolute atomic E-state index is 13.1. The second-order valence-corrected chi connectivity index (χ2v) is 6.78. The fraction of sp³-hybridized carbons (Fsp3) is 0.200. The van der Waals surface area contributed by atoms with Gasteiger partial charge in [0.15, 0.2) is 0 Å². The molecule has 0 bridgehead atoms. The molecule has 2 rings (SSSR count). The number of ether oxygens (including phenoxy) is 1. The number of benzene rings is 1. The predicted octanol–water partition coefficient (Wildman–Crippen LogP) is 5.55. The molecule has 154 valence electrons. The summed E-state index contributed by atoms with van der Waals surface area (Å²) in [5.74, 6) is -0.694. The molecule has 0 aliphatic carbocycles. The molecule has 0 spiro atoms. The maximum atomic E-state index is 13.1. The van der Waals surface area contributed by atoms with E-state index in [4.69, 9.17) is 27.9 Å². The van der Waals surface area contributed by atoms with Crippen LogP contribution in [0.5, 0.6) is 5.75 Å². The summed E-state index contributed by atoms with van der Waals surface area (Å²) in [7, 11) is 1.35. The Bertz CT molecular complexity index is 1030. The Labute approximate surface area is 176 Å². The van der Waals surface area contributed by atoms with E-state index >= 15 is 0 Å². The first-order chi connectivity index (χ1) is 13.8. The third kappa shape index (κ3) is 5.92. The van der Waals surface area contributed by atoms with Gasteiger partial charge in [0, 0.05) is 5.69 Å². The van der Waals surface area contributed by atoms with E-state index in [9.17, 15) is 13.6 Å². The van der Waals surface area contributed by atoms with Crippen LogP contribution in [0.3, 0.4) is 0 Å². The Balaban J connectivity index is 2.50. The van der Waals surface area contributed by atoms with Gasteiger partial charge in [0.25, 0.3) is 0 Å². The summed E-state index contributed by atoms with van der Waals surface area (Å²) in [5.41, 5.74) is 1.35. The van der Waals surface area contributed by atoms with Gasteiger partial charge < -0.3 is 14.6 Å². The topological polar surface area (TPSA) is 56.2 Å². The van der Waals surface area contributed by atoms with Crippen molar-refractivity contribution in [1.82, 2.24) is 9.55 Å². The summed E-state index contributed by atoms with van der Waals surface area (Å²) in [5, 5.41) is 3.78. The molecule has 0 aliphatic rings. The van der Waals surface area contributed by atoms with Crippen molar-refractivity contribution in [2.45, 2.75) is 13.5 Å². The zero-order valence-corrected chi connectivity index (χ0v) is 17.3. The Morgan fingerprint density at radius 3 is 2.66 bits per heavy atom. The summed E-state index contributed by atoms with van der Waals surface area (Å²) < 4.78 is 32.1. The van der Waals surface area contributed by atoms with Gasteiger partial charge in [-0.25, -0.2) is 8.78 Å². The van der Waals surface area contributed by atoms with Crippen LogP contribution >= 0.6 is 23.2 Å². The van der Waals surface area contributed by atoms with E-state index < -0.39 is 18.1 Å². The minimum Gasteiger partial charge on any atom is -0.490 e. The highest BCUT2D eigenvalue weighted by atomic mass is 35.5. The van der Waals surface area contributed by atoms with Gasteiger partial charge in [-0.15, -0.1) is 0 Å². The third-order valence-corrected chi connectivity index (χ3v) is 4.64. The highest BCUT2D eigenvalue weighted by molar-refractivity contribution is 6.42. The van der Waals surface area contributed by atoms with E-state index in [1.165, 1.54) is 25.5 Å². The van der Waals surface area contributed by atoms with Gasteiger partial charge in [-0.2, -0.15) is 4.98 Å². The number of nitrogens with zero attached hydrogens (tertiary/aromatic N) is 2. The number of rotatable bonds is 8. The number of alkyl halides is 1. The average molecular weight is 442 g/mol. The van der Waals surface area contributed by atoms with Crippen LogP contribution in [-0.4, -0.2) is 23.3 Å². The van der Waals surface area contributed by atoms with Crippen LogP contribution in [0.25, 0.3) is 0 Å². The van der Waals surface area contributed by atoms with Gasteiger partial charge in [0.1, 0.15) is 12.5 Å². The van der Waals surface area contributed by atoms with Crippen molar-refractivity contribution in [2.75, 3.05) is 19.1 Å². The molecular weight excluding hydrogens is 423 g/mol. The largest absolute Gasteiger partial charge is 0.490 e. The molecule has 0 saturated heterocycles. The quantitative estimate of drug-likeness (QED) is 0.545. The second-order valence-electron chi connectivity index (χ2n) is 5.97. The van der Waals surface area contributed by atoms with E-state index in [1.54, 1.807) is 16.7 Å². The zero-order valence-electron chi connectivity index (χ0n) is 15.8. The van der Waals surface area contributed by atoms with Crippen LogP contribution < -0.4 is 15.6 Å². The van der Waals surface area contributed by atoms with Gasteiger partial charge in [0.2, 0.25) is 11.7 Å². The smallest absolute Gasteiger partial charge is 0.316 e. The summed E-state index contributed by atoms with van der Waals surface area (Å²) >= 11 is 12.1. The first kappa shape index (κ1) is 22.6. The van der Waals surface area contributed by atoms with Crippen molar-refractivity contribution >= 4 is 34.8 Å². The number of nitrogens with one attached hydrogen (secondary N) is 1. The summed E-state index contributed by atoms with van der Waals surface area (Å²) in [6, 6.07) is 3.29. The monoisotopic (exact) mass is 441 g/mol. The molecule has 1 heterocycles. The fourth-order valence-corrected chi connectivity index (χ4v) is 2.74. The van der Waals surface area contributed by atoms with Crippen LogP contribution in [0.4, 0.5) is 20.4 Å². The maximum Gasteiger partial charge on any atom is 0.316 e. The Hall–Kier alpha value is -2.64. The molecule has 1 aromatic carbocycles. The number of methoxy groups -OCH3 is 1. The molecular formula is C20H19Cl2F2N3O2. The van der Waals surface area contributed by atoms with Crippen molar-refractivity contribution in [3.8, 4) is 5.75 Å². The molecule has 29 heavy (non-hydrogen) atoms. The van der Waals surface area contributed by atoms with Crippen molar-refractivity contribution in [3.05, 3.63) is 80.5 Å². The summed E-state index contributed by atoms with van der Waals surface area (Å²) in [4.78, 5) is 16.2. The predicted molar refractivity (Wildman–Crippen MR) is 113 cm³/mol. The Morgan fingerprint density at radius 1 is 1.34 bits per heavy atom. The van der Waals surface area contributed by atoms with Crippen molar-refractivity contribution in [1.29, 1.82) is 0 Å². The summed E-state index contributed by atoms with van der Waals surface area (Å²) in [6.45, 7) is 4.45. The number of hydrogen-bond acceptors (Lipinski definition) is 4. The normalized spacial score (nSPS) is 12.1. The van der Waals surface area contributed by atoms with Crippen LogP contribution in [0.1, 0.15) is 5.56 Å². The molecule has 0 amide bonds. The van der Waals surface area contributed by atoms with E-state index in [0.717, 1.165) is 11.6 Å². The Kier molecular flexibility index (Phi) is 7.99. The molecule has 0 atom stereocenters. The molecule has 5 nitrogen and oxygen atoms in total. The van der Waals surface area contributed by atoms with Crippen LogP contribution in [-0.2, 0) is 6.54 Å². The van der Waals surface area contributed by atoms with Crippen LogP contribution in [0, 0.1) is 6.92 Å². The Morgan fingerprint density at radius 2 is 2.03 bits per heavy atom. The minimum atomic E-state index is -1.20. The highest BCUT2D eigenvalue weighted by Crippen LogP contribution is 2.30. The van der Waals surface area contributed by atoms with E-state index in [-0.39, 0.29) is 18.2 Å². The van der Waals surface area contributed by atoms with E-state index in [2.05, 4.69) is 16.9 Å². The van der Waals surface area contributed by atoms with Gasteiger partial charge in [0.05, 0.1) is 29.9 Å². The van der Waals surface area contributed by atoms with Crippen LogP contribution in [0.15, 0.2) is 59.3 Å².